The Labute approximate surface area is 265 Å². The van der Waals surface area contributed by atoms with Gasteiger partial charge in [-0.1, -0.05) is 30.3 Å². The summed E-state index contributed by atoms with van der Waals surface area (Å²) in [5.74, 6) is 0.505. The van der Waals surface area contributed by atoms with Crippen molar-refractivity contribution in [3.63, 3.8) is 0 Å². The molecule has 11 nitrogen and oxygen atoms in total. The van der Waals surface area contributed by atoms with Gasteiger partial charge in [-0.3, -0.25) is 19.7 Å². The average Bonchev–Trinajstić information content (AvgIpc) is 3.89. The van der Waals surface area contributed by atoms with Crippen LogP contribution in [0.15, 0.2) is 91.0 Å². The van der Waals surface area contributed by atoms with Gasteiger partial charge in [0.2, 0.25) is 0 Å². The minimum absolute atomic E-state index is 0.0485. The molecule has 0 unspecified atom stereocenters. The molecule has 1 N–H and O–H groups in total. The molecule has 0 aliphatic heterocycles. The quantitative estimate of drug-likeness (QED) is 0.0427. The van der Waals surface area contributed by atoms with Crippen LogP contribution >= 0.6 is 0 Å². The zero-order valence-corrected chi connectivity index (χ0v) is 25.1. The first kappa shape index (κ1) is 31.9. The number of nitro groups is 1. The van der Waals surface area contributed by atoms with E-state index in [1.807, 2.05) is 37.3 Å². The molecular weight excluding hydrogens is 592 g/mol. The van der Waals surface area contributed by atoms with Gasteiger partial charge < -0.3 is 24.3 Å². The number of rotatable bonds is 14. The molecule has 0 heterocycles. The van der Waals surface area contributed by atoms with E-state index < -0.39 is 11.1 Å². The van der Waals surface area contributed by atoms with E-state index in [1.54, 1.807) is 36.4 Å². The van der Waals surface area contributed by atoms with Crippen LogP contribution in [0.1, 0.15) is 44.7 Å². The summed E-state index contributed by atoms with van der Waals surface area (Å²) in [6.07, 6.45) is 1.11. The van der Waals surface area contributed by atoms with Crippen molar-refractivity contribution >= 4 is 23.5 Å². The lowest BCUT2D eigenvalue weighted by molar-refractivity contribution is -0.384. The number of nitrogens with one attached hydrogen (secondary N) is 1. The highest BCUT2D eigenvalue weighted by Gasteiger charge is 2.24. The van der Waals surface area contributed by atoms with Crippen LogP contribution in [0.3, 0.4) is 0 Å². The van der Waals surface area contributed by atoms with E-state index in [2.05, 4.69) is 5.32 Å². The first-order valence-electron chi connectivity index (χ1n) is 14.7. The Bertz CT molecular complexity index is 1700. The molecule has 4 aromatic rings. The summed E-state index contributed by atoms with van der Waals surface area (Å²) in [6, 6.07) is 25.2. The SMILES string of the molecule is Cc1ccc(C(=O)NC2CC2)cc1-c1ccc(C(=O)c2ccc(OCCOCCOC(=O)Oc3ccc([N+](=O)[O-])cc3)cc2)cc1. The molecule has 11 heteroatoms. The van der Waals surface area contributed by atoms with Crippen molar-refractivity contribution in [1.29, 1.82) is 0 Å². The maximum absolute atomic E-state index is 13.1. The van der Waals surface area contributed by atoms with Gasteiger partial charge in [0.05, 0.1) is 18.1 Å². The molecule has 46 heavy (non-hydrogen) atoms. The number of ether oxygens (including phenoxy) is 4. The Balaban J connectivity index is 1.02. The van der Waals surface area contributed by atoms with E-state index in [9.17, 15) is 24.5 Å². The third-order valence-electron chi connectivity index (χ3n) is 7.18. The molecule has 4 aromatic carbocycles. The number of amides is 1. The average molecular weight is 625 g/mol. The number of non-ortho nitro benzene ring substituents is 1. The second-order valence-electron chi connectivity index (χ2n) is 10.6. The Morgan fingerprint density at radius 1 is 0.783 bits per heavy atom. The molecule has 0 aromatic heterocycles. The maximum atomic E-state index is 13.1. The fourth-order valence-corrected chi connectivity index (χ4v) is 4.51. The Hall–Kier alpha value is -5.55. The van der Waals surface area contributed by atoms with Crippen LogP contribution in [-0.2, 0) is 9.47 Å². The smallest absolute Gasteiger partial charge is 0.491 e. The highest BCUT2D eigenvalue weighted by molar-refractivity contribution is 6.09. The Kier molecular flexibility index (Phi) is 10.4. The van der Waals surface area contributed by atoms with Crippen LogP contribution in [0.25, 0.3) is 11.1 Å². The lowest BCUT2D eigenvalue weighted by Gasteiger charge is -2.11. The van der Waals surface area contributed by atoms with Crippen molar-refractivity contribution in [2.75, 3.05) is 26.4 Å². The molecule has 5 rings (SSSR count). The van der Waals surface area contributed by atoms with Crippen LogP contribution in [0, 0.1) is 17.0 Å². The van der Waals surface area contributed by atoms with Gasteiger partial charge in [0.1, 0.15) is 24.7 Å². The molecule has 0 atom stereocenters. The number of carbonyl (C=O) groups excluding carboxylic acids is 3. The first-order valence-corrected chi connectivity index (χ1v) is 14.7. The summed E-state index contributed by atoms with van der Waals surface area (Å²) in [7, 11) is 0. The minimum Gasteiger partial charge on any atom is -0.491 e. The van der Waals surface area contributed by atoms with Gasteiger partial charge in [0, 0.05) is 34.9 Å². The van der Waals surface area contributed by atoms with Crippen molar-refractivity contribution in [1.82, 2.24) is 5.32 Å². The molecule has 1 fully saturated rings. The van der Waals surface area contributed by atoms with Gasteiger partial charge in [-0.05, 0) is 85.0 Å². The number of aryl methyl sites for hydroxylation is 1. The molecule has 236 valence electrons. The van der Waals surface area contributed by atoms with E-state index in [0.717, 1.165) is 29.5 Å². The summed E-state index contributed by atoms with van der Waals surface area (Å²) < 4.78 is 20.9. The number of nitrogens with zero attached hydrogens (tertiary/aromatic N) is 1. The van der Waals surface area contributed by atoms with Gasteiger partial charge in [-0.25, -0.2) is 4.79 Å². The molecule has 0 bridgehead atoms. The van der Waals surface area contributed by atoms with Crippen LogP contribution < -0.4 is 14.8 Å². The largest absolute Gasteiger partial charge is 0.513 e. The highest BCUT2D eigenvalue weighted by atomic mass is 16.7. The number of carbonyl (C=O) groups is 3. The first-order chi connectivity index (χ1) is 22.3. The van der Waals surface area contributed by atoms with E-state index in [0.29, 0.717) is 22.4 Å². The third kappa shape index (κ3) is 8.76. The molecule has 0 spiro atoms. The topological polar surface area (TPSA) is 143 Å². The van der Waals surface area contributed by atoms with Gasteiger partial charge in [0.15, 0.2) is 5.78 Å². The van der Waals surface area contributed by atoms with Crippen molar-refractivity contribution in [3.8, 4) is 22.6 Å². The molecule has 0 saturated heterocycles. The van der Waals surface area contributed by atoms with E-state index in [-0.39, 0.29) is 55.6 Å². The minimum atomic E-state index is -0.950. The number of benzene rings is 4. The van der Waals surface area contributed by atoms with Crippen LogP contribution in [0.5, 0.6) is 11.5 Å². The van der Waals surface area contributed by atoms with Gasteiger partial charge in [-0.15, -0.1) is 0 Å². The Morgan fingerprint density at radius 2 is 1.39 bits per heavy atom. The van der Waals surface area contributed by atoms with Crippen LogP contribution in [-0.4, -0.2) is 55.2 Å². The van der Waals surface area contributed by atoms with Crippen molar-refractivity contribution < 1.29 is 38.3 Å². The normalized spacial score (nSPS) is 12.2. The molecule has 0 radical (unpaired) electrons. The van der Waals surface area contributed by atoms with Gasteiger partial charge in [0.25, 0.3) is 11.6 Å². The molecule has 1 aliphatic rings. The Morgan fingerprint density at radius 3 is 2.04 bits per heavy atom. The van der Waals surface area contributed by atoms with E-state index in [1.165, 1.54) is 24.3 Å². The number of hydrogen-bond donors (Lipinski definition) is 1. The molecule has 1 amide bonds. The van der Waals surface area contributed by atoms with Crippen molar-refractivity contribution in [2.45, 2.75) is 25.8 Å². The standard InChI is InChI=1S/C35H32N2O9/c1-23-2-3-27(34(39)36-28-10-11-28)22-32(23)24-4-6-25(7-5-24)33(38)26-8-14-30(15-9-26)44-20-18-43-19-21-45-35(40)46-31-16-12-29(13-17-31)37(41)42/h2-9,12-17,22,28H,10-11,18-21H2,1H3,(H,36,39). The molecule has 1 aliphatic carbocycles. The predicted molar refractivity (Wildman–Crippen MR) is 168 cm³/mol. The monoisotopic (exact) mass is 624 g/mol. The summed E-state index contributed by atoms with van der Waals surface area (Å²) in [4.78, 5) is 47.4. The summed E-state index contributed by atoms with van der Waals surface area (Å²) in [5.41, 5.74) is 4.48. The fourth-order valence-electron chi connectivity index (χ4n) is 4.51. The molecule has 1 saturated carbocycles. The van der Waals surface area contributed by atoms with Gasteiger partial charge in [-0.2, -0.15) is 0 Å². The zero-order chi connectivity index (χ0) is 32.5. The number of nitro benzene ring substituents is 1. The lowest BCUT2D eigenvalue weighted by atomic mass is 9.95. The fraction of sp³-hybridized carbons (Fsp3) is 0.229. The summed E-state index contributed by atoms with van der Waals surface area (Å²) in [5, 5.41) is 13.7. The zero-order valence-electron chi connectivity index (χ0n) is 25.1. The lowest BCUT2D eigenvalue weighted by Crippen LogP contribution is -2.25. The summed E-state index contributed by atoms with van der Waals surface area (Å²) >= 11 is 0. The molecular formula is C35H32N2O9. The predicted octanol–water partition coefficient (Wildman–Crippen LogP) is 6.30. The number of hydrogen-bond acceptors (Lipinski definition) is 9. The number of ketones is 1. The van der Waals surface area contributed by atoms with Crippen molar-refractivity contribution in [2.24, 2.45) is 0 Å². The maximum Gasteiger partial charge on any atom is 0.513 e. The second-order valence-corrected chi connectivity index (χ2v) is 10.6. The highest BCUT2D eigenvalue weighted by Crippen LogP contribution is 2.27. The summed E-state index contributed by atoms with van der Waals surface area (Å²) in [6.45, 7) is 2.54. The van der Waals surface area contributed by atoms with Crippen LogP contribution in [0.4, 0.5) is 10.5 Å². The van der Waals surface area contributed by atoms with E-state index >= 15 is 0 Å². The van der Waals surface area contributed by atoms with E-state index in [4.69, 9.17) is 18.9 Å². The van der Waals surface area contributed by atoms with Gasteiger partial charge >= 0.3 is 6.16 Å². The van der Waals surface area contributed by atoms with Crippen molar-refractivity contribution in [3.05, 3.63) is 123 Å². The third-order valence-corrected chi connectivity index (χ3v) is 7.18. The van der Waals surface area contributed by atoms with Crippen LogP contribution in [0.2, 0.25) is 0 Å². The second kappa shape index (κ2) is 15.0.